The van der Waals surface area contributed by atoms with Crippen LogP contribution in [0.1, 0.15) is 46.0 Å². The molecule has 2 aliphatic rings. The summed E-state index contributed by atoms with van der Waals surface area (Å²) in [6, 6.07) is 0.120. The van der Waals surface area contributed by atoms with E-state index in [-0.39, 0.29) is 6.04 Å². The van der Waals surface area contributed by atoms with E-state index >= 15 is 0 Å². The Morgan fingerprint density at radius 3 is 2.67 bits per heavy atom. The van der Waals surface area contributed by atoms with Gasteiger partial charge >= 0.3 is 0 Å². The Morgan fingerprint density at radius 2 is 2.05 bits per heavy atom. The molecule has 1 aliphatic carbocycles. The molecule has 1 saturated heterocycles. The second kappa shape index (κ2) is 7.40. The first-order chi connectivity index (χ1) is 9.96. The summed E-state index contributed by atoms with van der Waals surface area (Å²) < 4.78 is 29.0. The van der Waals surface area contributed by atoms with Crippen molar-refractivity contribution in [1.29, 1.82) is 0 Å². The van der Waals surface area contributed by atoms with Gasteiger partial charge in [-0.15, -0.1) is 0 Å². The van der Waals surface area contributed by atoms with Crippen LogP contribution in [0.3, 0.4) is 0 Å². The molecule has 0 aromatic heterocycles. The zero-order chi connectivity index (χ0) is 15.5. The minimum Gasteiger partial charge on any atom is -0.315 e. The number of hydrogen-bond acceptors (Lipinski definition) is 3. The predicted molar refractivity (Wildman–Crippen MR) is 86.3 cm³/mol. The fourth-order valence-electron chi connectivity index (χ4n) is 3.18. The van der Waals surface area contributed by atoms with Crippen LogP contribution in [-0.2, 0) is 10.2 Å². The van der Waals surface area contributed by atoms with Crippen molar-refractivity contribution in [2.24, 2.45) is 11.8 Å². The zero-order valence-electron chi connectivity index (χ0n) is 13.7. The Hall–Kier alpha value is -0.170. The molecule has 1 aliphatic heterocycles. The summed E-state index contributed by atoms with van der Waals surface area (Å²) in [5, 5.41) is 3.38. The second-order valence-electron chi connectivity index (χ2n) is 6.73. The average Bonchev–Trinajstić information content (AvgIpc) is 3.14. The molecule has 5 nitrogen and oxygen atoms in total. The van der Waals surface area contributed by atoms with Crippen molar-refractivity contribution in [1.82, 2.24) is 13.9 Å². The molecule has 2 fully saturated rings. The maximum absolute atomic E-state index is 12.8. The quantitative estimate of drug-likeness (QED) is 0.693. The summed E-state index contributed by atoms with van der Waals surface area (Å²) >= 11 is 0. The van der Waals surface area contributed by atoms with E-state index in [4.69, 9.17) is 0 Å². The fraction of sp³-hybridized carbons (Fsp3) is 1.00. The van der Waals surface area contributed by atoms with E-state index in [9.17, 15) is 8.42 Å². The smallest absolute Gasteiger partial charge is 0.282 e. The number of hydrogen-bond donors (Lipinski definition) is 1. The molecule has 0 radical (unpaired) electrons. The van der Waals surface area contributed by atoms with E-state index in [0.717, 1.165) is 38.8 Å². The molecule has 3 unspecified atom stereocenters. The summed E-state index contributed by atoms with van der Waals surface area (Å²) in [5.41, 5.74) is 0. The van der Waals surface area contributed by atoms with Crippen molar-refractivity contribution in [3.63, 3.8) is 0 Å². The van der Waals surface area contributed by atoms with Crippen molar-refractivity contribution >= 4 is 10.2 Å². The molecule has 0 spiro atoms. The highest BCUT2D eigenvalue weighted by atomic mass is 32.2. The highest BCUT2D eigenvalue weighted by Crippen LogP contribution is 2.38. The number of nitrogens with one attached hydrogen (secondary N) is 1. The molecular formula is C15H31N3O2S. The Balaban J connectivity index is 1.96. The van der Waals surface area contributed by atoms with Crippen molar-refractivity contribution in [2.75, 3.05) is 33.2 Å². The summed E-state index contributed by atoms with van der Waals surface area (Å²) in [7, 11) is -1.56. The molecule has 2 rings (SSSR count). The lowest BCUT2D eigenvalue weighted by atomic mass is 10.1. The zero-order valence-corrected chi connectivity index (χ0v) is 14.5. The number of nitrogens with zero attached hydrogens (tertiary/aromatic N) is 2. The summed E-state index contributed by atoms with van der Waals surface area (Å²) in [5.74, 6) is 1.25. The van der Waals surface area contributed by atoms with E-state index in [0.29, 0.717) is 24.9 Å². The minimum atomic E-state index is -3.30. The van der Waals surface area contributed by atoms with Crippen molar-refractivity contribution < 1.29 is 8.42 Å². The van der Waals surface area contributed by atoms with Gasteiger partial charge in [0, 0.05) is 32.7 Å². The molecule has 0 bridgehead atoms. The molecular weight excluding hydrogens is 286 g/mol. The Morgan fingerprint density at radius 1 is 1.33 bits per heavy atom. The molecule has 1 saturated carbocycles. The third kappa shape index (κ3) is 4.41. The van der Waals surface area contributed by atoms with Gasteiger partial charge in [-0.1, -0.05) is 20.3 Å². The van der Waals surface area contributed by atoms with Gasteiger partial charge in [0.15, 0.2) is 0 Å². The topological polar surface area (TPSA) is 52.7 Å². The molecule has 1 heterocycles. The minimum absolute atomic E-state index is 0.120. The largest absolute Gasteiger partial charge is 0.315 e. The van der Waals surface area contributed by atoms with Crippen LogP contribution >= 0.6 is 0 Å². The van der Waals surface area contributed by atoms with E-state index < -0.39 is 10.2 Å². The maximum atomic E-state index is 12.8. The number of piperidine rings is 1. The second-order valence-corrected chi connectivity index (χ2v) is 8.71. The molecule has 124 valence electrons. The molecule has 3 atom stereocenters. The lowest BCUT2D eigenvalue weighted by Gasteiger charge is -2.37. The highest BCUT2D eigenvalue weighted by Gasteiger charge is 2.39. The van der Waals surface area contributed by atoms with Crippen LogP contribution in [0.4, 0.5) is 0 Å². The normalized spacial score (nSPS) is 30.8. The van der Waals surface area contributed by atoms with Crippen LogP contribution in [0.25, 0.3) is 0 Å². The lowest BCUT2D eigenvalue weighted by molar-refractivity contribution is 0.229. The molecule has 21 heavy (non-hydrogen) atoms. The van der Waals surface area contributed by atoms with Crippen LogP contribution in [0, 0.1) is 11.8 Å². The van der Waals surface area contributed by atoms with Crippen LogP contribution in [0.5, 0.6) is 0 Å². The molecule has 0 aromatic rings. The molecule has 0 aromatic carbocycles. The first-order valence-corrected chi connectivity index (χ1v) is 9.80. The summed E-state index contributed by atoms with van der Waals surface area (Å²) in [6.45, 7) is 7.41. The summed E-state index contributed by atoms with van der Waals surface area (Å²) in [6.07, 6.45) is 5.34. The average molecular weight is 317 g/mol. The van der Waals surface area contributed by atoms with Gasteiger partial charge in [-0.25, -0.2) is 0 Å². The third-order valence-corrected chi connectivity index (χ3v) is 6.85. The van der Waals surface area contributed by atoms with Gasteiger partial charge in [0.1, 0.15) is 0 Å². The summed E-state index contributed by atoms with van der Waals surface area (Å²) in [4.78, 5) is 0. The Bertz CT molecular complexity index is 427. The van der Waals surface area contributed by atoms with Crippen LogP contribution in [0.15, 0.2) is 0 Å². The van der Waals surface area contributed by atoms with Gasteiger partial charge in [-0.3, -0.25) is 0 Å². The van der Waals surface area contributed by atoms with Crippen molar-refractivity contribution in [3.8, 4) is 0 Å². The maximum Gasteiger partial charge on any atom is 0.282 e. The SMILES string of the molecule is CCCNCC1CCCCN1S(=O)(=O)N(C)CC1CC1C. The predicted octanol–water partition coefficient (Wildman–Crippen LogP) is 1.67. The van der Waals surface area contributed by atoms with Crippen molar-refractivity contribution in [3.05, 3.63) is 0 Å². The Kier molecular flexibility index (Phi) is 6.05. The van der Waals surface area contributed by atoms with Gasteiger partial charge in [0.25, 0.3) is 10.2 Å². The van der Waals surface area contributed by atoms with Crippen LogP contribution < -0.4 is 5.32 Å². The molecule has 1 N–H and O–H groups in total. The molecule has 0 amide bonds. The molecule has 6 heteroatoms. The van der Waals surface area contributed by atoms with Crippen LogP contribution in [0.2, 0.25) is 0 Å². The fourth-order valence-corrected chi connectivity index (χ4v) is 4.84. The van der Waals surface area contributed by atoms with Gasteiger partial charge in [0.2, 0.25) is 0 Å². The van der Waals surface area contributed by atoms with E-state index in [1.165, 1.54) is 6.42 Å². The van der Waals surface area contributed by atoms with E-state index in [1.807, 2.05) is 0 Å². The van der Waals surface area contributed by atoms with E-state index in [2.05, 4.69) is 19.2 Å². The van der Waals surface area contributed by atoms with Gasteiger partial charge in [-0.05, 0) is 44.1 Å². The Labute approximate surface area is 130 Å². The monoisotopic (exact) mass is 317 g/mol. The first kappa shape index (κ1) is 17.2. The third-order valence-electron chi connectivity index (χ3n) is 4.84. The van der Waals surface area contributed by atoms with Crippen LogP contribution in [-0.4, -0.2) is 56.3 Å². The van der Waals surface area contributed by atoms with Gasteiger partial charge in [0.05, 0.1) is 0 Å². The first-order valence-electron chi connectivity index (χ1n) is 8.40. The van der Waals surface area contributed by atoms with Crippen molar-refractivity contribution in [2.45, 2.75) is 52.0 Å². The highest BCUT2D eigenvalue weighted by molar-refractivity contribution is 7.86. The van der Waals surface area contributed by atoms with Gasteiger partial charge < -0.3 is 5.32 Å². The standard InChI is InChI=1S/C15H31N3O2S/c1-4-8-16-11-15-7-5-6-9-18(15)21(19,20)17(3)12-14-10-13(14)2/h13-16H,4-12H2,1-3H3. The van der Waals surface area contributed by atoms with E-state index in [1.54, 1.807) is 15.7 Å². The lowest BCUT2D eigenvalue weighted by Crippen LogP contribution is -2.53. The number of rotatable bonds is 8. The van der Waals surface area contributed by atoms with Gasteiger partial charge in [-0.2, -0.15) is 17.0 Å².